The molecule has 6 heteroatoms. The monoisotopic (exact) mass is 379 g/mol. The van der Waals surface area contributed by atoms with Gasteiger partial charge >= 0.3 is 6.03 Å². The highest BCUT2D eigenvalue weighted by molar-refractivity contribution is 6.16. The predicted octanol–water partition coefficient (Wildman–Crippen LogP) is 2.76. The van der Waals surface area contributed by atoms with Gasteiger partial charge in [0.15, 0.2) is 5.78 Å². The molecule has 0 saturated carbocycles. The molecule has 2 aromatic carbocycles. The van der Waals surface area contributed by atoms with E-state index in [1.165, 1.54) is 0 Å². The van der Waals surface area contributed by atoms with Crippen molar-refractivity contribution in [1.82, 2.24) is 9.80 Å². The van der Waals surface area contributed by atoms with E-state index in [2.05, 4.69) is 0 Å². The lowest BCUT2D eigenvalue weighted by molar-refractivity contribution is 0.0758. The largest absolute Gasteiger partial charge is 0.351 e. The number of urea groups is 1. The van der Waals surface area contributed by atoms with Gasteiger partial charge in [0, 0.05) is 37.3 Å². The summed E-state index contributed by atoms with van der Waals surface area (Å²) < 4.78 is 0. The van der Waals surface area contributed by atoms with Crippen LogP contribution in [0.2, 0.25) is 0 Å². The quantitative estimate of drug-likeness (QED) is 0.833. The molecule has 6 nitrogen and oxygen atoms in total. The van der Waals surface area contributed by atoms with Crippen molar-refractivity contribution in [2.75, 3.05) is 26.2 Å². The van der Waals surface area contributed by atoms with Gasteiger partial charge in [-0.1, -0.05) is 35.9 Å². The fourth-order valence-corrected chi connectivity index (χ4v) is 3.50. The number of rotatable bonds is 3. The molecule has 1 heterocycles. The van der Waals surface area contributed by atoms with Crippen LogP contribution in [0.5, 0.6) is 0 Å². The molecular weight excluding hydrogens is 354 g/mol. The molecule has 0 aliphatic carbocycles. The summed E-state index contributed by atoms with van der Waals surface area (Å²) in [5.74, 6) is -0.348. The van der Waals surface area contributed by atoms with Crippen LogP contribution < -0.4 is 5.73 Å². The van der Waals surface area contributed by atoms with E-state index in [-0.39, 0.29) is 11.7 Å². The summed E-state index contributed by atoms with van der Waals surface area (Å²) in [5, 5.41) is 0. The topological polar surface area (TPSA) is 83.7 Å². The van der Waals surface area contributed by atoms with Crippen molar-refractivity contribution >= 4 is 17.7 Å². The molecule has 0 atom stereocenters. The van der Waals surface area contributed by atoms with Gasteiger partial charge in [-0.2, -0.15) is 0 Å². The zero-order valence-corrected chi connectivity index (χ0v) is 16.3. The smallest absolute Gasteiger partial charge is 0.314 e. The summed E-state index contributed by atoms with van der Waals surface area (Å²) in [7, 11) is 0. The van der Waals surface area contributed by atoms with E-state index < -0.39 is 6.03 Å². The molecule has 2 aromatic rings. The number of primary amides is 1. The average molecular weight is 379 g/mol. The average Bonchev–Trinajstić information content (AvgIpc) is 2.95. The molecule has 0 aromatic heterocycles. The number of nitrogens with zero attached hydrogens (tertiary/aromatic N) is 2. The summed E-state index contributed by atoms with van der Waals surface area (Å²) in [6.07, 6.45) is 0.655. The second-order valence-electron chi connectivity index (χ2n) is 7.16. The van der Waals surface area contributed by atoms with Gasteiger partial charge in [0.25, 0.3) is 5.91 Å². The maximum atomic E-state index is 13.2. The normalized spacial score (nSPS) is 14.5. The van der Waals surface area contributed by atoms with Crippen LogP contribution in [-0.4, -0.2) is 53.7 Å². The summed E-state index contributed by atoms with van der Waals surface area (Å²) in [4.78, 5) is 41.0. The van der Waals surface area contributed by atoms with Crippen LogP contribution in [0, 0.1) is 13.8 Å². The van der Waals surface area contributed by atoms with Crippen LogP contribution in [0.25, 0.3) is 0 Å². The molecule has 0 radical (unpaired) electrons. The second-order valence-corrected chi connectivity index (χ2v) is 7.16. The minimum absolute atomic E-state index is 0.154. The zero-order valence-electron chi connectivity index (χ0n) is 16.3. The zero-order chi connectivity index (χ0) is 20.3. The van der Waals surface area contributed by atoms with Gasteiger partial charge in [-0.25, -0.2) is 4.79 Å². The number of nitrogens with two attached hydrogens (primary N) is 1. The van der Waals surface area contributed by atoms with Crippen LogP contribution in [0.3, 0.4) is 0 Å². The number of ketones is 1. The minimum Gasteiger partial charge on any atom is -0.351 e. The molecule has 1 fully saturated rings. The summed E-state index contributed by atoms with van der Waals surface area (Å²) >= 11 is 0. The van der Waals surface area contributed by atoms with Gasteiger partial charge in [0.05, 0.1) is 5.56 Å². The van der Waals surface area contributed by atoms with E-state index in [1.807, 2.05) is 32.0 Å². The number of aryl methyl sites for hydroxylation is 2. The Morgan fingerprint density at radius 1 is 0.821 bits per heavy atom. The highest BCUT2D eigenvalue weighted by Gasteiger charge is 2.25. The Balaban J connectivity index is 1.89. The Bertz CT molecular complexity index is 923. The van der Waals surface area contributed by atoms with E-state index in [0.717, 1.165) is 11.1 Å². The number of amides is 3. The molecule has 0 unspecified atom stereocenters. The first-order chi connectivity index (χ1) is 13.4. The van der Waals surface area contributed by atoms with Gasteiger partial charge in [-0.15, -0.1) is 0 Å². The lowest BCUT2D eigenvalue weighted by atomic mass is 9.94. The van der Waals surface area contributed by atoms with Crippen LogP contribution in [-0.2, 0) is 0 Å². The Hall–Kier alpha value is -3.15. The molecule has 28 heavy (non-hydrogen) atoms. The maximum Gasteiger partial charge on any atom is 0.314 e. The Morgan fingerprint density at radius 3 is 2.18 bits per heavy atom. The number of hydrogen-bond donors (Lipinski definition) is 1. The highest BCUT2D eigenvalue weighted by atomic mass is 16.2. The third kappa shape index (κ3) is 4.06. The predicted molar refractivity (Wildman–Crippen MR) is 107 cm³/mol. The molecule has 0 bridgehead atoms. The summed E-state index contributed by atoms with van der Waals surface area (Å²) in [5.41, 5.74) is 8.64. The van der Waals surface area contributed by atoms with E-state index in [1.54, 1.807) is 34.1 Å². The van der Waals surface area contributed by atoms with Gasteiger partial charge in [-0.05, 0) is 38.0 Å². The summed E-state index contributed by atoms with van der Waals surface area (Å²) in [6.45, 7) is 5.68. The third-order valence-electron chi connectivity index (χ3n) is 5.13. The molecule has 3 amide bonds. The van der Waals surface area contributed by atoms with Crippen molar-refractivity contribution in [2.45, 2.75) is 20.3 Å². The van der Waals surface area contributed by atoms with E-state index in [0.29, 0.717) is 49.3 Å². The standard InChI is InChI=1S/C22H25N3O3/c1-15-8-9-16(2)19(14-15)20(26)17-6-3-4-7-18(17)21(27)24-10-5-11-25(13-12-24)22(23)28/h3-4,6-9,14H,5,10-13H2,1-2H3,(H2,23,28). The van der Waals surface area contributed by atoms with Crippen LogP contribution in [0.1, 0.15) is 43.8 Å². The second kappa shape index (κ2) is 8.25. The van der Waals surface area contributed by atoms with Crippen LogP contribution in [0.4, 0.5) is 4.79 Å². The van der Waals surface area contributed by atoms with Crippen molar-refractivity contribution in [1.29, 1.82) is 0 Å². The molecule has 1 aliphatic rings. The molecule has 2 N–H and O–H groups in total. The number of carbonyl (C=O) groups is 3. The Kier molecular flexibility index (Phi) is 5.78. The summed E-state index contributed by atoms with van der Waals surface area (Å²) in [6, 6.07) is 12.2. The minimum atomic E-state index is -0.472. The van der Waals surface area contributed by atoms with E-state index in [9.17, 15) is 14.4 Å². The van der Waals surface area contributed by atoms with E-state index >= 15 is 0 Å². The molecular formula is C22H25N3O3. The Morgan fingerprint density at radius 2 is 1.46 bits per heavy atom. The number of hydrogen-bond acceptors (Lipinski definition) is 3. The highest BCUT2D eigenvalue weighted by Crippen LogP contribution is 2.20. The molecule has 1 saturated heterocycles. The Labute approximate surface area is 164 Å². The lowest BCUT2D eigenvalue weighted by Crippen LogP contribution is -2.40. The maximum absolute atomic E-state index is 13.2. The van der Waals surface area contributed by atoms with Crippen molar-refractivity contribution in [3.8, 4) is 0 Å². The first kappa shape index (κ1) is 19.6. The molecule has 3 rings (SSSR count). The van der Waals surface area contributed by atoms with Gasteiger partial charge in [0.2, 0.25) is 0 Å². The van der Waals surface area contributed by atoms with Crippen molar-refractivity contribution in [2.24, 2.45) is 5.73 Å². The molecule has 1 aliphatic heterocycles. The number of carbonyl (C=O) groups excluding carboxylic acids is 3. The first-order valence-corrected chi connectivity index (χ1v) is 9.43. The van der Waals surface area contributed by atoms with Gasteiger partial charge in [-0.3, -0.25) is 9.59 Å². The fourth-order valence-electron chi connectivity index (χ4n) is 3.50. The van der Waals surface area contributed by atoms with Crippen molar-refractivity contribution < 1.29 is 14.4 Å². The third-order valence-corrected chi connectivity index (χ3v) is 5.13. The van der Waals surface area contributed by atoms with Gasteiger partial charge < -0.3 is 15.5 Å². The van der Waals surface area contributed by atoms with Gasteiger partial charge in [0.1, 0.15) is 0 Å². The van der Waals surface area contributed by atoms with Crippen LogP contribution >= 0.6 is 0 Å². The fraction of sp³-hybridized carbons (Fsp3) is 0.318. The lowest BCUT2D eigenvalue weighted by Gasteiger charge is -2.22. The SMILES string of the molecule is Cc1ccc(C)c(C(=O)c2ccccc2C(=O)N2CCCN(C(N)=O)CC2)c1. The van der Waals surface area contributed by atoms with Crippen LogP contribution in [0.15, 0.2) is 42.5 Å². The van der Waals surface area contributed by atoms with Crippen molar-refractivity contribution in [3.63, 3.8) is 0 Å². The molecule has 146 valence electrons. The van der Waals surface area contributed by atoms with E-state index in [4.69, 9.17) is 5.73 Å². The first-order valence-electron chi connectivity index (χ1n) is 9.43. The molecule has 0 spiro atoms. The number of benzene rings is 2. The van der Waals surface area contributed by atoms with Crippen molar-refractivity contribution in [3.05, 3.63) is 70.3 Å².